The van der Waals surface area contributed by atoms with Crippen molar-refractivity contribution in [3.63, 3.8) is 0 Å². The molecule has 1 N–H and O–H groups in total. The van der Waals surface area contributed by atoms with Crippen molar-refractivity contribution in [2.24, 2.45) is 10.2 Å². The van der Waals surface area contributed by atoms with Gasteiger partial charge in [-0.25, -0.2) is 0 Å². The molecule has 0 aromatic heterocycles. The molecular formula is C21H17Cl2N3O. The molecule has 0 bridgehead atoms. The van der Waals surface area contributed by atoms with Gasteiger partial charge >= 0.3 is 0 Å². The highest BCUT2D eigenvalue weighted by Crippen LogP contribution is 2.30. The third-order valence-electron chi connectivity index (χ3n) is 3.88. The van der Waals surface area contributed by atoms with Gasteiger partial charge in [-0.3, -0.25) is 4.79 Å². The lowest BCUT2D eigenvalue weighted by molar-refractivity contribution is 0.102. The van der Waals surface area contributed by atoms with Gasteiger partial charge in [0.05, 0.1) is 22.0 Å². The largest absolute Gasteiger partial charge is 0.320 e. The highest BCUT2D eigenvalue weighted by molar-refractivity contribution is 6.37. The van der Waals surface area contributed by atoms with Crippen LogP contribution in [-0.4, -0.2) is 5.91 Å². The molecule has 0 saturated carbocycles. The standard InChI is InChI=1S/C21H17Cl2N3O/c1-13-3-7-16(8-4-13)25-26-19-10-5-14(2)11-20(19)24-21(27)17-9-6-15(22)12-18(17)23/h3-12H,1-2H3,(H,24,27). The van der Waals surface area contributed by atoms with E-state index in [4.69, 9.17) is 23.2 Å². The van der Waals surface area contributed by atoms with Crippen LogP contribution in [-0.2, 0) is 0 Å². The zero-order valence-electron chi connectivity index (χ0n) is 14.8. The van der Waals surface area contributed by atoms with Crippen molar-refractivity contribution in [1.82, 2.24) is 0 Å². The fourth-order valence-electron chi connectivity index (χ4n) is 2.42. The van der Waals surface area contributed by atoms with Crippen molar-refractivity contribution >= 4 is 46.2 Å². The van der Waals surface area contributed by atoms with Gasteiger partial charge < -0.3 is 5.32 Å². The maximum absolute atomic E-state index is 12.6. The van der Waals surface area contributed by atoms with E-state index in [9.17, 15) is 4.79 Å². The number of nitrogens with zero attached hydrogens (tertiary/aromatic N) is 2. The van der Waals surface area contributed by atoms with Crippen molar-refractivity contribution in [3.05, 3.63) is 87.4 Å². The Kier molecular flexibility index (Phi) is 5.89. The maximum Gasteiger partial charge on any atom is 0.257 e. The van der Waals surface area contributed by atoms with Crippen LogP contribution in [0.5, 0.6) is 0 Å². The summed E-state index contributed by atoms with van der Waals surface area (Å²) in [5.74, 6) is -0.339. The Bertz CT molecular complexity index is 1010. The first-order valence-corrected chi connectivity index (χ1v) is 9.03. The molecule has 6 heteroatoms. The number of carbonyl (C=O) groups is 1. The number of azo groups is 1. The van der Waals surface area contributed by atoms with Crippen LogP contribution in [0.1, 0.15) is 21.5 Å². The second kappa shape index (κ2) is 8.33. The van der Waals surface area contributed by atoms with Crippen LogP contribution >= 0.6 is 23.2 Å². The molecule has 4 nitrogen and oxygen atoms in total. The molecule has 0 aliphatic rings. The zero-order valence-corrected chi connectivity index (χ0v) is 16.3. The summed E-state index contributed by atoms with van der Waals surface area (Å²) in [5.41, 5.74) is 4.32. The van der Waals surface area contributed by atoms with Crippen molar-refractivity contribution < 1.29 is 4.79 Å². The molecule has 0 unspecified atom stereocenters. The number of rotatable bonds is 4. The Morgan fingerprint density at radius 1 is 0.852 bits per heavy atom. The fourth-order valence-corrected chi connectivity index (χ4v) is 2.92. The van der Waals surface area contributed by atoms with E-state index < -0.39 is 0 Å². The van der Waals surface area contributed by atoms with E-state index in [1.807, 2.05) is 56.3 Å². The van der Waals surface area contributed by atoms with Gasteiger partial charge in [-0.05, 0) is 61.9 Å². The van der Waals surface area contributed by atoms with Crippen molar-refractivity contribution in [2.45, 2.75) is 13.8 Å². The molecule has 3 aromatic carbocycles. The van der Waals surface area contributed by atoms with Gasteiger partial charge in [0.1, 0.15) is 5.69 Å². The van der Waals surface area contributed by atoms with Gasteiger partial charge in [0.2, 0.25) is 0 Å². The first kappa shape index (κ1) is 19.1. The Labute approximate surface area is 167 Å². The number of benzene rings is 3. The van der Waals surface area contributed by atoms with Crippen LogP contribution in [0.2, 0.25) is 10.0 Å². The van der Waals surface area contributed by atoms with Crippen molar-refractivity contribution in [1.29, 1.82) is 0 Å². The molecule has 0 atom stereocenters. The number of amides is 1. The second-order valence-corrected chi connectivity index (χ2v) is 6.98. The first-order chi connectivity index (χ1) is 12.9. The average molecular weight is 398 g/mol. The van der Waals surface area contributed by atoms with E-state index in [-0.39, 0.29) is 10.9 Å². The monoisotopic (exact) mass is 397 g/mol. The summed E-state index contributed by atoms with van der Waals surface area (Å²) in [4.78, 5) is 12.6. The minimum absolute atomic E-state index is 0.287. The number of halogens is 2. The van der Waals surface area contributed by atoms with Gasteiger partial charge in [0, 0.05) is 5.02 Å². The van der Waals surface area contributed by atoms with Crippen LogP contribution in [0.4, 0.5) is 17.1 Å². The lowest BCUT2D eigenvalue weighted by atomic mass is 10.1. The van der Waals surface area contributed by atoms with E-state index in [0.29, 0.717) is 22.0 Å². The molecular weight excluding hydrogens is 381 g/mol. The Morgan fingerprint density at radius 3 is 2.26 bits per heavy atom. The molecule has 1 amide bonds. The van der Waals surface area contributed by atoms with Gasteiger partial charge in [-0.2, -0.15) is 5.11 Å². The van der Waals surface area contributed by atoms with Crippen molar-refractivity contribution in [3.8, 4) is 0 Å². The average Bonchev–Trinajstić information content (AvgIpc) is 2.62. The lowest BCUT2D eigenvalue weighted by Crippen LogP contribution is -2.12. The van der Waals surface area contributed by atoms with Gasteiger partial charge in [0.15, 0.2) is 0 Å². The van der Waals surface area contributed by atoms with E-state index in [1.54, 1.807) is 12.1 Å². The highest BCUT2D eigenvalue weighted by atomic mass is 35.5. The second-order valence-electron chi connectivity index (χ2n) is 6.13. The minimum Gasteiger partial charge on any atom is -0.320 e. The van der Waals surface area contributed by atoms with Crippen LogP contribution in [0, 0.1) is 13.8 Å². The number of nitrogens with one attached hydrogen (secondary N) is 1. The molecule has 0 fully saturated rings. The van der Waals surface area contributed by atoms with Gasteiger partial charge in [-0.15, -0.1) is 5.11 Å². The van der Waals surface area contributed by atoms with Crippen LogP contribution in [0.3, 0.4) is 0 Å². The molecule has 0 aliphatic heterocycles. The van der Waals surface area contributed by atoms with Gasteiger partial charge in [-0.1, -0.05) is 47.0 Å². The van der Waals surface area contributed by atoms with E-state index >= 15 is 0 Å². The summed E-state index contributed by atoms with van der Waals surface area (Å²) >= 11 is 12.0. The zero-order chi connectivity index (χ0) is 19.4. The van der Waals surface area contributed by atoms with Crippen LogP contribution in [0.15, 0.2) is 70.9 Å². The normalized spacial score (nSPS) is 11.0. The SMILES string of the molecule is Cc1ccc(N=Nc2ccc(C)cc2NC(=O)c2ccc(Cl)cc2Cl)cc1. The Morgan fingerprint density at radius 2 is 1.56 bits per heavy atom. The van der Waals surface area contributed by atoms with E-state index in [0.717, 1.165) is 16.8 Å². The summed E-state index contributed by atoms with van der Waals surface area (Å²) in [6.07, 6.45) is 0. The Hall–Kier alpha value is -2.69. The van der Waals surface area contributed by atoms with E-state index in [2.05, 4.69) is 15.5 Å². The number of carbonyl (C=O) groups excluding carboxylic acids is 1. The van der Waals surface area contributed by atoms with Crippen LogP contribution < -0.4 is 5.32 Å². The molecule has 0 saturated heterocycles. The quantitative estimate of drug-likeness (QED) is 0.461. The molecule has 3 aromatic rings. The predicted octanol–water partition coefficient (Wildman–Crippen LogP) is 7.28. The minimum atomic E-state index is -0.339. The number of hydrogen-bond acceptors (Lipinski definition) is 3. The molecule has 0 radical (unpaired) electrons. The highest BCUT2D eigenvalue weighted by Gasteiger charge is 2.13. The summed E-state index contributed by atoms with van der Waals surface area (Å²) < 4.78 is 0. The summed E-state index contributed by atoms with van der Waals surface area (Å²) in [6, 6.07) is 18.0. The third-order valence-corrected chi connectivity index (χ3v) is 4.43. The van der Waals surface area contributed by atoms with E-state index in [1.165, 1.54) is 6.07 Å². The topological polar surface area (TPSA) is 53.8 Å². The molecule has 27 heavy (non-hydrogen) atoms. The van der Waals surface area contributed by atoms with Crippen molar-refractivity contribution in [2.75, 3.05) is 5.32 Å². The lowest BCUT2D eigenvalue weighted by Gasteiger charge is -2.10. The number of anilines is 1. The maximum atomic E-state index is 12.6. The van der Waals surface area contributed by atoms with Gasteiger partial charge in [0.25, 0.3) is 5.91 Å². The molecule has 0 heterocycles. The first-order valence-electron chi connectivity index (χ1n) is 8.28. The molecule has 136 valence electrons. The predicted molar refractivity (Wildman–Crippen MR) is 111 cm³/mol. The summed E-state index contributed by atoms with van der Waals surface area (Å²) in [7, 11) is 0. The summed E-state index contributed by atoms with van der Waals surface area (Å²) in [5, 5.41) is 12.1. The molecule has 0 spiro atoms. The molecule has 0 aliphatic carbocycles. The fraction of sp³-hybridized carbons (Fsp3) is 0.0952. The third kappa shape index (κ3) is 4.94. The van der Waals surface area contributed by atoms with Crippen LogP contribution in [0.25, 0.3) is 0 Å². The summed E-state index contributed by atoms with van der Waals surface area (Å²) in [6.45, 7) is 3.95. The smallest absolute Gasteiger partial charge is 0.257 e. The number of hydrogen-bond donors (Lipinski definition) is 1. The Balaban J connectivity index is 1.87. The molecule has 3 rings (SSSR count). The number of aryl methyl sites for hydroxylation is 2.